The number of hydrogen-bond acceptors (Lipinski definition) is 5. The molecule has 3 aromatic rings. The molecule has 6 nitrogen and oxygen atoms in total. The Morgan fingerprint density at radius 3 is 2.42 bits per heavy atom. The van der Waals surface area contributed by atoms with Gasteiger partial charge < -0.3 is 4.90 Å². The summed E-state index contributed by atoms with van der Waals surface area (Å²) in [6.07, 6.45) is 0.328. The Hall–Kier alpha value is -2.74. The summed E-state index contributed by atoms with van der Waals surface area (Å²) in [4.78, 5) is 35.6. The van der Waals surface area contributed by atoms with E-state index in [0.29, 0.717) is 36.2 Å². The van der Waals surface area contributed by atoms with Crippen LogP contribution in [0, 0.1) is 6.92 Å². The van der Waals surface area contributed by atoms with Crippen molar-refractivity contribution in [2.75, 3.05) is 31.1 Å². The molecule has 8 heteroatoms. The SMILES string of the molecule is CC(=O)N(c1ccc(C)cc1)c1nc(CN2CCN(C(=O)Cc3ccccc3Cl)CC2)cs1. The van der Waals surface area contributed by atoms with E-state index in [1.54, 1.807) is 11.8 Å². The first-order chi connectivity index (χ1) is 15.9. The van der Waals surface area contributed by atoms with Gasteiger partial charge in [-0.2, -0.15) is 0 Å². The molecule has 0 N–H and O–H groups in total. The molecule has 2 heterocycles. The minimum absolute atomic E-state index is 0.0644. The van der Waals surface area contributed by atoms with E-state index in [2.05, 4.69) is 4.90 Å². The molecule has 1 aromatic heterocycles. The molecule has 1 fully saturated rings. The van der Waals surface area contributed by atoms with Crippen LogP contribution >= 0.6 is 22.9 Å². The number of rotatable bonds is 6. The third-order valence-electron chi connectivity index (χ3n) is 5.75. The second-order valence-electron chi connectivity index (χ2n) is 8.24. The molecule has 0 atom stereocenters. The standard InChI is InChI=1S/C25H27ClN4O2S/c1-18-7-9-22(10-8-18)30(19(2)31)25-27-21(17-33-25)16-28-11-13-29(14-12-28)24(32)15-20-5-3-4-6-23(20)26/h3-10,17H,11-16H2,1-2H3. The van der Waals surface area contributed by atoms with Crippen LogP contribution in [0.2, 0.25) is 5.02 Å². The Labute approximate surface area is 203 Å². The fourth-order valence-electron chi connectivity index (χ4n) is 3.89. The molecule has 4 rings (SSSR count). The highest BCUT2D eigenvalue weighted by atomic mass is 35.5. The highest BCUT2D eigenvalue weighted by Crippen LogP contribution is 2.29. The number of hydrogen-bond donors (Lipinski definition) is 0. The monoisotopic (exact) mass is 482 g/mol. The number of carbonyl (C=O) groups excluding carboxylic acids is 2. The van der Waals surface area contributed by atoms with Crippen LogP contribution in [0.3, 0.4) is 0 Å². The number of halogens is 1. The molecule has 0 bridgehead atoms. The van der Waals surface area contributed by atoms with E-state index in [4.69, 9.17) is 16.6 Å². The van der Waals surface area contributed by atoms with Gasteiger partial charge in [0, 0.05) is 50.1 Å². The number of aryl methyl sites for hydroxylation is 1. The second kappa shape index (κ2) is 10.5. The molecule has 1 aliphatic rings. The van der Waals surface area contributed by atoms with Gasteiger partial charge in [0.05, 0.1) is 17.8 Å². The average Bonchev–Trinajstić information content (AvgIpc) is 3.25. The second-order valence-corrected chi connectivity index (χ2v) is 9.48. The van der Waals surface area contributed by atoms with Crippen LogP contribution in [0.25, 0.3) is 0 Å². The van der Waals surface area contributed by atoms with Gasteiger partial charge in [-0.05, 0) is 30.7 Å². The highest BCUT2D eigenvalue weighted by molar-refractivity contribution is 7.14. The van der Waals surface area contributed by atoms with Crippen LogP contribution in [0.5, 0.6) is 0 Å². The van der Waals surface area contributed by atoms with Crippen LogP contribution in [-0.4, -0.2) is 52.8 Å². The molecule has 33 heavy (non-hydrogen) atoms. The Morgan fingerprint density at radius 1 is 1.06 bits per heavy atom. The summed E-state index contributed by atoms with van der Waals surface area (Å²) in [7, 11) is 0. The maximum absolute atomic E-state index is 12.7. The summed E-state index contributed by atoms with van der Waals surface area (Å²) in [6, 6.07) is 15.4. The number of piperazine rings is 1. The first-order valence-electron chi connectivity index (χ1n) is 11.0. The van der Waals surface area contributed by atoms with Crippen molar-refractivity contribution in [1.82, 2.24) is 14.8 Å². The number of anilines is 2. The minimum Gasteiger partial charge on any atom is -0.340 e. The maximum atomic E-state index is 12.7. The Bertz CT molecular complexity index is 1120. The summed E-state index contributed by atoms with van der Waals surface area (Å²) in [5, 5.41) is 3.32. The fraction of sp³-hybridized carbons (Fsp3) is 0.320. The molecule has 1 saturated heterocycles. The number of benzene rings is 2. The molecule has 2 amide bonds. The van der Waals surface area contributed by atoms with Crippen molar-refractivity contribution in [3.05, 3.63) is 75.8 Å². The number of amides is 2. The summed E-state index contributed by atoms with van der Waals surface area (Å²) in [5.41, 5.74) is 3.76. The number of carbonyl (C=O) groups is 2. The molecule has 1 aliphatic heterocycles. The fourth-order valence-corrected chi connectivity index (χ4v) is 4.97. The third-order valence-corrected chi connectivity index (χ3v) is 6.99. The molecule has 0 saturated carbocycles. The topological polar surface area (TPSA) is 56.8 Å². The van der Waals surface area contributed by atoms with Gasteiger partial charge in [-0.1, -0.05) is 47.5 Å². The lowest BCUT2D eigenvalue weighted by Crippen LogP contribution is -2.48. The van der Waals surface area contributed by atoms with Gasteiger partial charge in [0.15, 0.2) is 5.13 Å². The van der Waals surface area contributed by atoms with Crippen LogP contribution in [0.4, 0.5) is 10.8 Å². The zero-order valence-corrected chi connectivity index (χ0v) is 20.4. The molecule has 172 valence electrons. The predicted octanol–water partition coefficient (Wildman–Crippen LogP) is 4.68. The van der Waals surface area contributed by atoms with Crippen molar-refractivity contribution in [2.24, 2.45) is 0 Å². The smallest absolute Gasteiger partial charge is 0.230 e. The van der Waals surface area contributed by atoms with E-state index in [0.717, 1.165) is 35.6 Å². The normalized spacial score (nSPS) is 14.3. The number of nitrogens with zero attached hydrogens (tertiary/aromatic N) is 4. The van der Waals surface area contributed by atoms with E-state index >= 15 is 0 Å². The van der Waals surface area contributed by atoms with Crippen molar-refractivity contribution in [1.29, 1.82) is 0 Å². The van der Waals surface area contributed by atoms with Crippen molar-refractivity contribution in [3.8, 4) is 0 Å². The summed E-state index contributed by atoms with van der Waals surface area (Å²) in [5.74, 6) is 0.0410. The zero-order chi connectivity index (χ0) is 23.4. The van der Waals surface area contributed by atoms with Gasteiger partial charge in [0.2, 0.25) is 11.8 Å². The summed E-state index contributed by atoms with van der Waals surface area (Å²) in [6.45, 7) is 7.22. The van der Waals surface area contributed by atoms with E-state index in [1.165, 1.54) is 11.3 Å². The quantitative estimate of drug-likeness (QED) is 0.512. The van der Waals surface area contributed by atoms with Crippen molar-refractivity contribution < 1.29 is 9.59 Å². The molecule has 0 unspecified atom stereocenters. The van der Waals surface area contributed by atoms with Crippen molar-refractivity contribution >= 4 is 45.6 Å². The van der Waals surface area contributed by atoms with E-state index in [9.17, 15) is 9.59 Å². The van der Waals surface area contributed by atoms with E-state index < -0.39 is 0 Å². The molecule has 2 aromatic carbocycles. The Morgan fingerprint density at radius 2 is 1.76 bits per heavy atom. The minimum atomic E-state index is -0.0644. The van der Waals surface area contributed by atoms with E-state index in [1.807, 2.05) is 65.7 Å². The van der Waals surface area contributed by atoms with E-state index in [-0.39, 0.29) is 11.8 Å². The summed E-state index contributed by atoms with van der Waals surface area (Å²) >= 11 is 7.67. The molecular formula is C25H27ClN4O2S. The molecule has 0 aliphatic carbocycles. The highest BCUT2D eigenvalue weighted by Gasteiger charge is 2.23. The first-order valence-corrected chi connectivity index (χ1v) is 12.2. The van der Waals surface area contributed by atoms with Crippen LogP contribution in [0.15, 0.2) is 53.9 Å². The summed E-state index contributed by atoms with van der Waals surface area (Å²) < 4.78 is 0. The molecule has 0 radical (unpaired) electrons. The van der Waals surface area contributed by atoms with Gasteiger partial charge in [-0.15, -0.1) is 11.3 Å². The molecular weight excluding hydrogens is 456 g/mol. The Kier molecular flexibility index (Phi) is 7.42. The van der Waals surface area contributed by atoms with Gasteiger partial charge >= 0.3 is 0 Å². The predicted molar refractivity (Wildman–Crippen MR) is 133 cm³/mol. The van der Waals surface area contributed by atoms with Gasteiger partial charge in [-0.25, -0.2) is 4.98 Å². The van der Waals surface area contributed by atoms with Crippen LogP contribution in [0.1, 0.15) is 23.7 Å². The lowest BCUT2D eigenvalue weighted by atomic mass is 10.1. The average molecular weight is 483 g/mol. The van der Waals surface area contributed by atoms with Crippen molar-refractivity contribution in [3.63, 3.8) is 0 Å². The number of thiazole rings is 1. The van der Waals surface area contributed by atoms with Crippen LogP contribution < -0.4 is 4.90 Å². The van der Waals surface area contributed by atoms with Gasteiger partial charge in [0.1, 0.15) is 0 Å². The lowest BCUT2D eigenvalue weighted by Gasteiger charge is -2.34. The maximum Gasteiger partial charge on any atom is 0.230 e. The van der Waals surface area contributed by atoms with Gasteiger partial charge in [-0.3, -0.25) is 19.4 Å². The van der Waals surface area contributed by atoms with Gasteiger partial charge in [0.25, 0.3) is 0 Å². The van der Waals surface area contributed by atoms with Crippen LogP contribution in [-0.2, 0) is 22.6 Å². The zero-order valence-electron chi connectivity index (χ0n) is 18.8. The third kappa shape index (κ3) is 5.79. The number of aromatic nitrogens is 1. The molecule has 0 spiro atoms. The van der Waals surface area contributed by atoms with Crippen molar-refractivity contribution in [2.45, 2.75) is 26.8 Å². The lowest BCUT2D eigenvalue weighted by molar-refractivity contribution is -0.132. The Balaban J connectivity index is 1.34. The largest absolute Gasteiger partial charge is 0.340 e. The first kappa shape index (κ1) is 23.4.